The fourth-order valence-corrected chi connectivity index (χ4v) is 4.15. The fourth-order valence-electron chi connectivity index (χ4n) is 4.15. The van der Waals surface area contributed by atoms with Crippen LogP contribution < -0.4 is 5.32 Å². The van der Waals surface area contributed by atoms with Crippen LogP contribution in [0.3, 0.4) is 0 Å². The molecule has 0 aliphatic heterocycles. The van der Waals surface area contributed by atoms with E-state index in [4.69, 9.17) is 0 Å². The maximum atomic E-state index is 12.5. The Bertz CT molecular complexity index is 1720. The molecule has 5 rings (SSSR count). The summed E-state index contributed by atoms with van der Waals surface area (Å²) in [6.45, 7) is 11.4. The first-order valence-electron chi connectivity index (χ1n) is 12.3. The smallest absolute Gasteiger partial charge is 0.229 e. The van der Waals surface area contributed by atoms with E-state index in [-0.39, 0.29) is 5.91 Å². The van der Waals surface area contributed by atoms with Gasteiger partial charge in [-0.2, -0.15) is 5.10 Å². The maximum absolute atomic E-state index is 12.5. The highest BCUT2D eigenvalue weighted by atomic mass is 16.2. The molecule has 0 aliphatic carbocycles. The largest absolute Gasteiger partial charge is 0.353 e. The van der Waals surface area contributed by atoms with Crippen LogP contribution in [-0.4, -0.2) is 36.0 Å². The molecule has 0 saturated heterocycles. The van der Waals surface area contributed by atoms with E-state index in [1.807, 2.05) is 64.1 Å². The van der Waals surface area contributed by atoms with Gasteiger partial charge < -0.3 is 10.3 Å². The average molecular weight is 504 g/mol. The highest BCUT2D eigenvalue weighted by Gasteiger charge is 2.21. The molecule has 0 spiro atoms. The Balaban J connectivity index is 1.55. The second kappa shape index (κ2) is 9.89. The van der Waals surface area contributed by atoms with Crippen molar-refractivity contribution in [3.8, 4) is 22.6 Å². The van der Waals surface area contributed by atoms with Crippen LogP contribution in [0.1, 0.15) is 33.3 Å². The van der Waals surface area contributed by atoms with Crippen LogP contribution in [0.5, 0.6) is 0 Å². The monoisotopic (exact) mass is 503 g/mol. The van der Waals surface area contributed by atoms with Gasteiger partial charge in [-0.1, -0.05) is 33.4 Å². The average Bonchev–Trinajstić information content (AvgIpc) is 3.54. The lowest BCUT2D eigenvalue weighted by molar-refractivity contribution is -0.127. The van der Waals surface area contributed by atoms with Crippen molar-refractivity contribution in [1.29, 1.82) is 0 Å². The molecule has 0 unspecified atom stereocenters. The highest BCUT2D eigenvalue weighted by molar-refractivity contribution is 6.00. The molecule has 190 valence electrons. The van der Waals surface area contributed by atoms with Crippen LogP contribution in [0.2, 0.25) is 0 Å². The molecule has 0 bridgehead atoms. The fraction of sp³-hybridized carbons (Fsp3) is 0.167. The molecule has 0 saturated carbocycles. The third kappa shape index (κ3) is 4.76. The quantitative estimate of drug-likeness (QED) is 0.239. The first-order valence-corrected chi connectivity index (χ1v) is 12.3. The summed E-state index contributed by atoms with van der Waals surface area (Å²) in [5.41, 5.74) is 7.02. The lowest BCUT2D eigenvalue weighted by Gasteiger charge is -2.18. The number of aromatic nitrogens is 6. The van der Waals surface area contributed by atoms with Crippen molar-refractivity contribution in [2.24, 2.45) is 5.41 Å². The summed E-state index contributed by atoms with van der Waals surface area (Å²) in [7, 11) is 0. The van der Waals surface area contributed by atoms with Crippen LogP contribution >= 0.6 is 0 Å². The van der Waals surface area contributed by atoms with Crippen molar-refractivity contribution in [3.05, 3.63) is 91.2 Å². The van der Waals surface area contributed by atoms with Crippen molar-refractivity contribution in [3.63, 3.8) is 0 Å². The van der Waals surface area contributed by atoms with Gasteiger partial charge in [-0.25, -0.2) is 4.98 Å². The molecule has 5 aromatic heterocycles. The van der Waals surface area contributed by atoms with Gasteiger partial charge in [-0.05, 0) is 55.0 Å². The number of rotatable bonds is 6. The number of H-pyrrole nitrogens is 2. The number of carbonyl (C=O) groups excluding carboxylic acids is 1. The number of amides is 1. The van der Waals surface area contributed by atoms with E-state index in [0.29, 0.717) is 11.3 Å². The van der Waals surface area contributed by atoms with E-state index < -0.39 is 5.41 Å². The van der Waals surface area contributed by atoms with Gasteiger partial charge in [-0.15, -0.1) is 0 Å². The molecule has 5 aromatic rings. The van der Waals surface area contributed by atoms with Crippen molar-refractivity contribution >= 4 is 33.4 Å². The number of allylic oxidation sites excluding steroid dienone is 4. The molecule has 8 nitrogen and oxygen atoms in total. The third-order valence-electron chi connectivity index (χ3n) is 6.29. The molecule has 0 fully saturated rings. The van der Waals surface area contributed by atoms with Gasteiger partial charge in [0, 0.05) is 63.3 Å². The summed E-state index contributed by atoms with van der Waals surface area (Å²) in [5, 5.41) is 12.4. The molecular formula is C30H29N7O. The summed E-state index contributed by atoms with van der Waals surface area (Å²) in [6, 6.07) is 9.96. The van der Waals surface area contributed by atoms with E-state index in [0.717, 1.165) is 50.1 Å². The Morgan fingerprint density at radius 1 is 1.03 bits per heavy atom. The predicted octanol–water partition coefficient (Wildman–Crippen LogP) is 6.20. The zero-order valence-electron chi connectivity index (χ0n) is 21.8. The summed E-state index contributed by atoms with van der Waals surface area (Å²) < 4.78 is 0. The minimum absolute atomic E-state index is 0.0794. The number of hydrogen-bond donors (Lipinski definition) is 3. The Labute approximate surface area is 220 Å². The Kier molecular flexibility index (Phi) is 6.46. The number of pyridine rings is 3. The Morgan fingerprint density at radius 2 is 1.82 bits per heavy atom. The number of fused-ring (bicyclic) bond motifs is 2. The van der Waals surface area contributed by atoms with E-state index in [1.54, 1.807) is 30.9 Å². The van der Waals surface area contributed by atoms with Crippen molar-refractivity contribution in [2.75, 3.05) is 0 Å². The van der Waals surface area contributed by atoms with Gasteiger partial charge in [0.25, 0.3) is 0 Å². The van der Waals surface area contributed by atoms with E-state index >= 15 is 0 Å². The minimum atomic E-state index is -0.517. The maximum Gasteiger partial charge on any atom is 0.229 e. The third-order valence-corrected chi connectivity index (χ3v) is 6.29. The second-order valence-electron chi connectivity index (χ2n) is 9.98. The van der Waals surface area contributed by atoms with Gasteiger partial charge in [0.05, 0.1) is 11.4 Å². The summed E-state index contributed by atoms with van der Waals surface area (Å²) in [6.07, 6.45) is 12.6. The van der Waals surface area contributed by atoms with Gasteiger partial charge in [0.2, 0.25) is 5.91 Å². The molecule has 3 N–H and O–H groups in total. The molecule has 38 heavy (non-hydrogen) atoms. The van der Waals surface area contributed by atoms with E-state index in [1.165, 1.54) is 0 Å². The standard InChI is InChI=1S/C30H29N7O/c1-6-18(14-21(7-2)34-29(38)30(3,4)5)20-15-23-27(36-37-28(23)33-17-20)25-16-22-24(35-25)10-13-32-26(22)19-8-11-31-12-9-19/h6-17,35H,2H2,1,3-5H3,(H,34,38)(H,33,36,37)/b18-6+,21-14+. The molecule has 0 aromatic carbocycles. The lowest BCUT2D eigenvalue weighted by Crippen LogP contribution is -2.33. The minimum Gasteiger partial charge on any atom is -0.353 e. The van der Waals surface area contributed by atoms with Crippen LogP contribution in [-0.2, 0) is 4.79 Å². The zero-order chi connectivity index (χ0) is 26.9. The molecule has 8 heteroatoms. The number of nitrogens with one attached hydrogen (secondary N) is 3. The van der Waals surface area contributed by atoms with Gasteiger partial charge in [0.1, 0.15) is 5.69 Å². The molecule has 0 aliphatic rings. The van der Waals surface area contributed by atoms with E-state index in [9.17, 15) is 4.79 Å². The van der Waals surface area contributed by atoms with Crippen LogP contribution in [0.25, 0.3) is 50.2 Å². The van der Waals surface area contributed by atoms with Crippen LogP contribution in [0.4, 0.5) is 0 Å². The summed E-state index contributed by atoms with van der Waals surface area (Å²) in [4.78, 5) is 29.3. The van der Waals surface area contributed by atoms with Crippen molar-refractivity contribution in [1.82, 2.24) is 35.5 Å². The zero-order valence-corrected chi connectivity index (χ0v) is 21.8. The predicted molar refractivity (Wildman–Crippen MR) is 152 cm³/mol. The number of hydrogen-bond acceptors (Lipinski definition) is 5. The first kappa shape index (κ1) is 24.8. The lowest BCUT2D eigenvalue weighted by atomic mass is 9.95. The van der Waals surface area contributed by atoms with E-state index in [2.05, 4.69) is 48.1 Å². The van der Waals surface area contributed by atoms with Crippen LogP contribution in [0, 0.1) is 5.41 Å². The van der Waals surface area contributed by atoms with Crippen molar-refractivity contribution < 1.29 is 4.79 Å². The molecular weight excluding hydrogens is 474 g/mol. The molecule has 0 radical (unpaired) electrons. The van der Waals surface area contributed by atoms with Crippen LogP contribution in [0.15, 0.2) is 85.6 Å². The van der Waals surface area contributed by atoms with Gasteiger partial charge in [-0.3, -0.25) is 19.9 Å². The molecule has 1 amide bonds. The van der Waals surface area contributed by atoms with Gasteiger partial charge >= 0.3 is 0 Å². The topological polar surface area (TPSA) is 112 Å². The SMILES string of the molecule is C=C/C(=C\C(=C/C)c1cnc2[nH]nc(-c3cc4c(-c5ccncc5)nccc4[nH]3)c2c1)NC(=O)C(C)(C)C. The first-order chi connectivity index (χ1) is 18.3. The Hall–Kier alpha value is -4.85. The number of aromatic amines is 2. The second-order valence-corrected chi connectivity index (χ2v) is 9.98. The highest BCUT2D eigenvalue weighted by Crippen LogP contribution is 2.33. The Morgan fingerprint density at radius 3 is 2.53 bits per heavy atom. The molecule has 0 atom stereocenters. The van der Waals surface area contributed by atoms with Gasteiger partial charge in [0.15, 0.2) is 5.65 Å². The summed E-state index contributed by atoms with van der Waals surface area (Å²) >= 11 is 0. The summed E-state index contributed by atoms with van der Waals surface area (Å²) in [5.74, 6) is -0.0794. The molecule has 5 heterocycles. The number of nitrogens with zero attached hydrogens (tertiary/aromatic N) is 4. The van der Waals surface area contributed by atoms with Crippen molar-refractivity contribution in [2.45, 2.75) is 27.7 Å². The normalized spacial score (nSPS) is 12.7. The number of carbonyl (C=O) groups is 1.